The van der Waals surface area contributed by atoms with Gasteiger partial charge in [0.05, 0.1) is 29.6 Å². The van der Waals surface area contributed by atoms with Crippen molar-refractivity contribution in [2.45, 2.75) is 40.3 Å². The summed E-state index contributed by atoms with van der Waals surface area (Å²) in [5, 5.41) is 19.2. The summed E-state index contributed by atoms with van der Waals surface area (Å²) in [5.74, 6) is 0. The van der Waals surface area contributed by atoms with Crippen molar-refractivity contribution in [2.24, 2.45) is 12.5 Å². The highest BCUT2D eigenvalue weighted by atomic mass is 16.3. The fourth-order valence-corrected chi connectivity index (χ4v) is 4.63. The topological polar surface area (TPSA) is 90.3 Å². The Morgan fingerprint density at radius 1 is 1.09 bits per heavy atom. The number of hydrogen-bond donors (Lipinski definition) is 1. The molecular formula is C26H34N6O2. The van der Waals surface area contributed by atoms with Gasteiger partial charge < -0.3 is 5.11 Å². The van der Waals surface area contributed by atoms with Gasteiger partial charge >= 0.3 is 5.69 Å². The Labute approximate surface area is 200 Å². The Hall–Kier alpha value is -2.99. The van der Waals surface area contributed by atoms with Crippen LogP contribution in [0.1, 0.15) is 38.3 Å². The smallest absolute Gasteiger partial charge is 0.330 e. The largest absolute Gasteiger partial charge is 0.381 e. The summed E-state index contributed by atoms with van der Waals surface area (Å²) in [6, 6.07) is 12.1. The zero-order valence-electron chi connectivity index (χ0n) is 20.6. The monoisotopic (exact) mass is 462 g/mol. The number of fused-ring (bicyclic) bond motifs is 1. The molecule has 0 bridgehead atoms. The van der Waals surface area contributed by atoms with E-state index in [4.69, 9.17) is 4.98 Å². The summed E-state index contributed by atoms with van der Waals surface area (Å²) in [6.45, 7) is 11.4. The Kier molecular flexibility index (Phi) is 6.89. The van der Waals surface area contributed by atoms with Crippen LogP contribution in [0.5, 0.6) is 0 Å². The van der Waals surface area contributed by atoms with Crippen LogP contribution in [0.3, 0.4) is 0 Å². The molecule has 3 aromatic rings. The fourth-order valence-electron chi connectivity index (χ4n) is 4.63. The first-order valence-corrected chi connectivity index (χ1v) is 11.9. The first-order chi connectivity index (χ1) is 16.2. The van der Waals surface area contributed by atoms with Crippen molar-refractivity contribution in [3.05, 3.63) is 51.9 Å². The van der Waals surface area contributed by atoms with Gasteiger partial charge in [0.2, 0.25) is 0 Å². The van der Waals surface area contributed by atoms with E-state index in [0.29, 0.717) is 23.4 Å². The standard InChI is InChI=1S/C26H34N6O2/c1-26(2,3)17-32-23-9-8-22(28-24(23)29(4)25(32)34)21-14-19(6-7-20(21)15-27)16-30-10-5-11-31(18-33)13-12-30/h6-9,14,33H,5,10-13,16-18H2,1-4H3. The molecule has 34 heavy (non-hydrogen) atoms. The number of rotatable bonds is 5. The third kappa shape index (κ3) is 5.07. The van der Waals surface area contributed by atoms with E-state index in [9.17, 15) is 15.2 Å². The maximum atomic E-state index is 12.9. The van der Waals surface area contributed by atoms with E-state index in [1.807, 2.05) is 30.3 Å². The SMILES string of the molecule is Cn1c(=O)n(CC(C)(C)C)c2ccc(-c3cc(CN4CCCN(CO)CC4)ccc3C#N)nc21. The van der Waals surface area contributed by atoms with Gasteiger partial charge in [0, 0.05) is 45.3 Å². The molecule has 0 amide bonds. The molecule has 1 aromatic carbocycles. The zero-order chi connectivity index (χ0) is 24.5. The number of nitriles is 1. The lowest BCUT2D eigenvalue weighted by Gasteiger charge is -2.21. The van der Waals surface area contributed by atoms with Crippen LogP contribution in [0.25, 0.3) is 22.4 Å². The molecule has 8 heteroatoms. The lowest BCUT2D eigenvalue weighted by Crippen LogP contribution is -2.31. The molecule has 1 fully saturated rings. The number of benzene rings is 1. The molecule has 180 valence electrons. The Balaban J connectivity index is 1.68. The average Bonchev–Trinajstić information content (AvgIpc) is 2.96. The number of aliphatic hydroxyl groups is 1. The Morgan fingerprint density at radius 3 is 2.53 bits per heavy atom. The first-order valence-electron chi connectivity index (χ1n) is 11.9. The van der Waals surface area contributed by atoms with Crippen molar-refractivity contribution in [2.75, 3.05) is 32.9 Å². The van der Waals surface area contributed by atoms with Crippen molar-refractivity contribution in [1.29, 1.82) is 5.26 Å². The van der Waals surface area contributed by atoms with Crippen LogP contribution in [-0.2, 0) is 20.1 Å². The molecule has 0 saturated carbocycles. The molecule has 1 N–H and O–H groups in total. The number of aliphatic hydroxyl groups excluding tert-OH is 1. The highest BCUT2D eigenvalue weighted by Crippen LogP contribution is 2.27. The van der Waals surface area contributed by atoms with E-state index in [1.54, 1.807) is 16.2 Å². The van der Waals surface area contributed by atoms with Crippen molar-refractivity contribution in [1.82, 2.24) is 23.9 Å². The minimum absolute atomic E-state index is 0.0410. The van der Waals surface area contributed by atoms with Gasteiger partial charge in [0.25, 0.3) is 0 Å². The van der Waals surface area contributed by atoms with E-state index >= 15 is 0 Å². The summed E-state index contributed by atoms with van der Waals surface area (Å²) in [6.07, 6.45) is 1.02. The van der Waals surface area contributed by atoms with E-state index in [-0.39, 0.29) is 17.8 Å². The normalized spacial score (nSPS) is 16.0. The van der Waals surface area contributed by atoms with E-state index in [2.05, 4.69) is 36.6 Å². The van der Waals surface area contributed by atoms with Gasteiger partial charge in [0.1, 0.15) is 0 Å². The molecule has 8 nitrogen and oxygen atoms in total. The van der Waals surface area contributed by atoms with E-state index in [0.717, 1.165) is 55.8 Å². The number of nitrogens with zero attached hydrogens (tertiary/aromatic N) is 6. The van der Waals surface area contributed by atoms with E-state index in [1.165, 1.54) is 0 Å². The van der Waals surface area contributed by atoms with Crippen molar-refractivity contribution < 1.29 is 5.11 Å². The molecule has 0 radical (unpaired) electrons. The maximum absolute atomic E-state index is 12.9. The van der Waals surface area contributed by atoms with Crippen LogP contribution < -0.4 is 5.69 Å². The highest BCUT2D eigenvalue weighted by molar-refractivity contribution is 5.78. The average molecular weight is 463 g/mol. The van der Waals surface area contributed by atoms with Crippen molar-refractivity contribution >= 4 is 11.2 Å². The Morgan fingerprint density at radius 2 is 1.82 bits per heavy atom. The summed E-state index contributed by atoms with van der Waals surface area (Å²) >= 11 is 0. The quantitative estimate of drug-likeness (QED) is 0.627. The van der Waals surface area contributed by atoms with Gasteiger partial charge in [-0.05, 0) is 48.2 Å². The second kappa shape index (κ2) is 9.71. The van der Waals surface area contributed by atoms with E-state index < -0.39 is 0 Å². The summed E-state index contributed by atoms with van der Waals surface area (Å²) in [7, 11) is 1.75. The van der Waals surface area contributed by atoms with Gasteiger partial charge in [-0.3, -0.25) is 18.9 Å². The van der Waals surface area contributed by atoms with Crippen LogP contribution in [0, 0.1) is 16.7 Å². The van der Waals surface area contributed by atoms with Gasteiger partial charge in [-0.1, -0.05) is 26.8 Å². The van der Waals surface area contributed by atoms with Crippen LogP contribution in [-0.4, -0.2) is 61.9 Å². The minimum atomic E-state index is -0.0816. The van der Waals surface area contributed by atoms with Crippen molar-refractivity contribution in [3.63, 3.8) is 0 Å². The van der Waals surface area contributed by atoms with Crippen molar-refractivity contribution in [3.8, 4) is 17.3 Å². The van der Waals surface area contributed by atoms with Crippen LogP contribution >= 0.6 is 0 Å². The molecule has 2 aromatic heterocycles. The molecule has 0 atom stereocenters. The van der Waals surface area contributed by atoms with Crippen LogP contribution in [0.4, 0.5) is 0 Å². The molecule has 1 aliphatic rings. The summed E-state index contributed by atoms with van der Waals surface area (Å²) in [4.78, 5) is 22.2. The van der Waals surface area contributed by atoms with Crippen LogP contribution in [0.15, 0.2) is 35.1 Å². The van der Waals surface area contributed by atoms with Gasteiger partial charge in [-0.2, -0.15) is 5.26 Å². The fraction of sp³-hybridized carbons (Fsp3) is 0.500. The van der Waals surface area contributed by atoms with Gasteiger partial charge in [-0.15, -0.1) is 0 Å². The number of hydrogen-bond acceptors (Lipinski definition) is 6. The Bertz CT molecular complexity index is 1280. The molecule has 3 heterocycles. The number of pyridine rings is 1. The lowest BCUT2D eigenvalue weighted by molar-refractivity contribution is 0.110. The molecule has 0 spiro atoms. The predicted octanol–water partition coefficient (Wildman–Crippen LogP) is 2.78. The molecule has 1 saturated heterocycles. The molecule has 0 aliphatic carbocycles. The van der Waals surface area contributed by atoms with Crippen LogP contribution in [0.2, 0.25) is 0 Å². The van der Waals surface area contributed by atoms with Gasteiger partial charge in [-0.25, -0.2) is 9.78 Å². The molecular weight excluding hydrogens is 428 g/mol. The second-order valence-corrected chi connectivity index (χ2v) is 10.4. The first kappa shape index (κ1) is 24.1. The molecule has 4 rings (SSSR count). The third-order valence-corrected chi connectivity index (χ3v) is 6.38. The zero-order valence-corrected chi connectivity index (χ0v) is 20.6. The number of imidazole rings is 1. The number of aromatic nitrogens is 3. The summed E-state index contributed by atoms with van der Waals surface area (Å²) in [5.41, 5.74) is 4.46. The third-order valence-electron chi connectivity index (χ3n) is 6.38. The molecule has 1 aliphatic heterocycles. The number of aryl methyl sites for hydroxylation is 1. The second-order valence-electron chi connectivity index (χ2n) is 10.4. The van der Waals surface area contributed by atoms with Gasteiger partial charge in [0.15, 0.2) is 5.65 Å². The maximum Gasteiger partial charge on any atom is 0.330 e. The minimum Gasteiger partial charge on any atom is -0.381 e. The predicted molar refractivity (Wildman–Crippen MR) is 133 cm³/mol. The highest BCUT2D eigenvalue weighted by Gasteiger charge is 2.20. The summed E-state index contributed by atoms with van der Waals surface area (Å²) < 4.78 is 3.37. The molecule has 0 unspecified atom stereocenters. The lowest BCUT2D eigenvalue weighted by atomic mass is 9.97.